The summed E-state index contributed by atoms with van der Waals surface area (Å²) in [6, 6.07) is 1.47. The van der Waals surface area contributed by atoms with Gasteiger partial charge < -0.3 is 29.0 Å². The normalized spacial score (nSPS) is 29.3. The van der Waals surface area contributed by atoms with Crippen LogP contribution < -0.4 is 19.5 Å². The summed E-state index contributed by atoms with van der Waals surface area (Å²) in [6.07, 6.45) is 2.13. The molecule has 8 heteroatoms. The molecule has 3 aliphatic rings. The number of ketones is 1. The molecule has 3 unspecified atom stereocenters. The Hall–Kier alpha value is -2.58. The van der Waals surface area contributed by atoms with Gasteiger partial charge in [0.05, 0.1) is 33.5 Å². The largest absolute Gasteiger partial charge is 0.493 e. The third kappa shape index (κ3) is 2.81. The van der Waals surface area contributed by atoms with Gasteiger partial charge >= 0.3 is 0 Å². The Bertz CT molecular complexity index is 925. The summed E-state index contributed by atoms with van der Waals surface area (Å²) in [6.45, 7) is 1.46. The van der Waals surface area contributed by atoms with Gasteiger partial charge in [-0.05, 0) is 36.1 Å². The number of carbonyl (C=O) groups excluding carboxylic acids is 2. The van der Waals surface area contributed by atoms with Crippen molar-refractivity contribution in [1.29, 1.82) is 0 Å². The lowest BCUT2D eigenvalue weighted by Crippen LogP contribution is -2.64. The zero-order chi connectivity index (χ0) is 21.6. The van der Waals surface area contributed by atoms with E-state index in [9.17, 15) is 9.59 Å². The molecule has 4 rings (SSSR count). The molecule has 4 atom stereocenters. The third-order valence-electron chi connectivity index (χ3n) is 6.22. The number of nitrogens with one attached hydrogen (secondary N) is 1. The predicted molar refractivity (Wildman–Crippen MR) is 108 cm³/mol. The molecule has 1 saturated heterocycles. The van der Waals surface area contributed by atoms with Gasteiger partial charge in [0.15, 0.2) is 23.4 Å². The van der Waals surface area contributed by atoms with Crippen molar-refractivity contribution in [3.8, 4) is 17.2 Å². The zero-order valence-electron chi connectivity index (χ0n) is 17.9. The third-order valence-corrected chi connectivity index (χ3v) is 6.22. The number of aryl methyl sites for hydroxylation is 1. The van der Waals surface area contributed by atoms with Crippen LogP contribution in [0.15, 0.2) is 12.1 Å². The van der Waals surface area contributed by atoms with Gasteiger partial charge in [-0.25, -0.2) is 0 Å². The van der Waals surface area contributed by atoms with Crippen molar-refractivity contribution in [2.24, 2.45) is 0 Å². The van der Waals surface area contributed by atoms with E-state index in [2.05, 4.69) is 5.32 Å². The molecule has 8 nitrogen and oxygen atoms in total. The van der Waals surface area contributed by atoms with Crippen LogP contribution >= 0.6 is 0 Å². The number of hydrogen-bond acceptors (Lipinski definition) is 7. The maximum absolute atomic E-state index is 12.9. The topological polar surface area (TPSA) is 92.3 Å². The smallest absolute Gasteiger partial charge is 0.217 e. The molecule has 2 aliphatic heterocycles. The number of ether oxygens (including phenoxy) is 5. The van der Waals surface area contributed by atoms with Crippen molar-refractivity contribution in [2.45, 2.75) is 50.0 Å². The number of Topliss-reactive ketones (excluding diaryl/α,β-unsaturated/α-hetero) is 1. The van der Waals surface area contributed by atoms with Gasteiger partial charge in [-0.3, -0.25) is 9.59 Å². The Balaban J connectivity index is 2.01. The summed E-state index contributed by atoms with van der Waals surface area (Å²) in [5.74, 6) is 1.30. The Morgan fingerprint density at radius 2 is 1.90 bits per heavy atom. The van der Waals surface area contributed by atoms with Crippen LogP contribution in [-0.4, -0.2) is 64.0 Å². The first-order valence-electron chi connectivity index (χ1n) is 9.96. The number of rotatable bonds is 5. The van der Waals surface area contributed by atoms with Crippen molar-refractivity contribution in [2.75, 3.05) is 28.4 Å². The molecule has 2 bridgehead atoms. The number of benzene rings is 1. The molecular formula is C22H27NO7. The molecule has 1 aromatic rings. The molecule has 1 amide bonds. The summed E-state index contributed by atoms with van der Waals surface area (Å²) in [5, 5.41) is 3.01. The Labute approximate surface area is 175 Å². The molecule has 1 N–H and O–H groups in total. The van der Waals surface area contributed by atoms with Crippen molar-refractivity contribution in [3.63, 3.8) is 0 Å². The van der Waals surface area contributed by atoms with Crippen LogP contribution in [0, 0.1) is 0 Å². The van der Waals surface area contributed by atoms with Gasteiger partial charge in [-0.15, -0.1) is 0 Å². The monoisotopic (exact) mass is 417 g/mol. The van der Waals surface area contributed by atoms with Gasteiger partial charge in [0.1, 0.15) is 5.60 Å². The van der Waals surface area contributed by atoms with E-state index < -0.39 is 17.7 Å². The minimum absolute atomic E-state index is 0.0433. The molecule has 1 aromatic carbocycles. The highest BCUT2D eigenvalue weighted by Gasteiger charge is 2.62. The maximum atomic E-state index is 12.9. The van der Waals surface area contributed by atoms with Crippen molar-refractivity contribution >= 4 is 17.3 Å². The molecule has 0 radical (unpaired) electrons. The molecule has 30 heavy (non-hydrogen) atoms. The van der Waals surface area contributed by atoms with Crippen LogP contribution in [0.3, 0.4) is 0 Å². The second-order valence-electron chi connectivity index (χ2n) is 7.79. The van der Waals surface area contributed by atoms with E-state index in [0.717, 1.165) is 16.7 Å². The molecule has 162 valence electrons. The molecule has 2 heterocycles. The molecule has 1 fully saturated rings. The van der Waals surface area contributed by atoms with Gasteiger partial charge in [0.2, 0.25) is 11.7 Å². The van der Waals surface area contributed by atoms with Crippen LogP contribution in [0.25, 0.3) is 5.57 Å². The van der Waals surface area contributed by atoms with E-state index in [0.29, 0.717) is 30.1 Å². The lowest BCUT2D eigenvalue weighted by Gasteiger charge is -2.45. The summed E-state index contributed by atoms with van der Waals surface area (Å²) < 4.78 is 29.1. The fraction of sp³-hybridized carbons (Fsp3) is 0.545. The van der Waals surface area contributed by atoms with E-state index in [-0.39, 0.29) is 24.2 Å². The quantitative estimate of drug-likeness (QED) is 0.779. The van der Waals surface area contributed by atoms with Crippen LogP contribution in [-0.2, 0) is 25.5 Å². The zero-order valence-corrected chi connectivity index (χ0v) is 17.9. The summed E-state index contributed by atoms with van der Waals surface area (Å²) in [7, 11) is 6.20. The van der Waals surface area contributed by atoms with Crippen molar-refractivity contribution in [1.82, 2.24) is 5.32 Å². The first-order valence-corrected chi connectivity index (χ1v) is 9.96. The lowest BCUT2D eigenvalue weighted by atomic mass is 9.77. The highest BCUT2D eigenvalue weighted by molar-refractivity contribution is 5.96. The highest BCUT2D eigenvalue weighted by atomic mass is 16.6. The average molecular weight is 417 g/mol. The molecule has 0 saturated carbocycles. The second-order valence-corrected chi connectivity index (χ2v) is 7.79. The number of hydrogen-bond donors (Lipinski definition) is 1. The standard InChI is InChI=1S/C22H27NO7/c1-11(24)23-17-7-6-12-8-16(26-2)19(27-3)20(28-4)18(12)14-9-13-10-15(25)21(29-5)22(14,17)30-13/h8-9,13,17,21H,6-7,10H2,1-5H3,(H,23,24)/t13?,17-,21?,22?/m0/s1. The SMILES string of the molecule is COc1cc2c(c(OC)c1OC)C1=CC3CC(=O)C(OC)C1(O3)[C@@H](NC(C)=O)CC2. The van der Waals surface area contributed by atoms with Crippen molar-refractivity contribution in [3.05, 3.63) is 23.3 Å². The Kier molecular flexibility index (Phi) is 5.23. The van der Waals surface area contributed by atoms with Crippen LogP contribution in [0.5, 0.6) is 17.2 Å². The number of amides is 1. The molecule has 1 aliphatic carbocycles. The van der Waals surface area contributed by atoms with Gasteiger partial charge in [-0.1, -0.05) is 0 Å². The summed E-state index contributed by atoms with van der Waals surface area (Å²) >= 11 is 0. The molecule has 0 aromatic heterocycles. The summed E-state index contributed by atoms with van der Waals surface area (Å²) in [4.78, 5) is 25.0. The van der Waals surface area contributed by atoms with Gasteiger partial charge in [0.25, 0.3) is 0 Å². The number of carbonyl (C=O) groups is 2. The number of methoxy groups -OCH3 is 4. The Morgan fingerprint density at radius 1 is 1.17 bits per heavy atom. The van der Waals surface area contributed by atoms with Crippen LogP contribution in [0.1, 0.15) is 30.9 Å². The average Bonchev–Trinajstić information content (AvgIpc) is 2.97. The van der Waals surface area contributed by atoms with Gasteiger partial charge in [-0.2, -0.15) is 0 Å². The second kappa shape index (κ2) is 7.59. The van der Waals surface area contributed by atoms with Crippen LogP contribution in [0.2, 0.25) is 0 Å². The number of fused-ring (bicyclic) bond motifs is 3. The van der Waals surface area contributed by atoms with Crippen LogP contribution in [0.4, 0.5) is 0 Å². The first-order chi connectivity index (χ1) is 14.4. The Morgan fingerprint density at radius 3 is 2.50 bits per heavy atom. The van der Waals surface area contributed by atoms with E-state index in [4.69, 9.17) is 23.7 Å². The molecule has 1 spiro atoms. The minimum Gasteiger partial charge on any atom is -0.493 e. The predicted octanol–water partition coefficient (Wildman–Crippen LogP) is 1.67. The lowest BCUT2D eigenvalue weighted by molar-refractivity contribution is -0.175. The maximum Gasteiger partial charge on any atom is 0.217 e. The summed E-state index contributed by atoms with van der Waals surface area (Å²) in [5.41, 5.74) is 1.43. The van der Waals surface area contributed by atoms with E-state index >= 15 is 0 Å². The van der Waals surface area contributed by atoms with Crippen molar-refractivity contribution < 1.29 is 33.3 Å². The minimum atomic E-state index is -1.14. The highest BCUT2D eigenvalue weighted by Crippen LogP contribution is 2.56. The fourth-order valence-electron chi connectivity index (χ4n) is 5.19. The fourth-order valence-corrected chi connectivity index (χ4v) is 5.19. The first kappa shape index (κ1) is 20.7. The molecular weight excluding hydrogens is 390 g/mol. The van der Waals surface area contributed by atoms with E-state index in [1.54, 1.807) is 21.3 Å². The van der Waals surface area contributed by atoms with Gasteiger partial charge in [0, 0.05) is 26.0 Å². The van der Waals surface area contributed by atoms with E-state index in [1.165, 1.54) is 14.0 Å². The van der Waals surface area contributed by atoms with E-state index in [1.807, 2.05) is 12.1 Å².